The lowest BCUT2D eigenvalue weighted by Gasteiger charge is -2.38. The Morgan fingerprint density at radius 3 is 2.14 bits per heavy atom. The fraction of sp³-hybridized carbons (Fsp3) is 0.353. The Balaban J connectivity index is 1.75. The number of nitrogen functional groups attached to an aromatic ring is 1. The van der Waals surface area contributed by atoms with Gasteiger partial charge < -0.3 is 15.5 Å². The number of aromatic nitrogens is 1. The summed E-state index contributed by atoms with van der Waals surface area (Å²) in [4.78, 5) is 9.25. The summed E-state index contributed by atoms with van der Waals surface area (Å²) < 4.78 is 0. The van der Waals surface area contributed by atoms with Crippen LogP contribution in [-0.2, 0) is 0 Å². The minimum Gasteiger partial charge on any atom is -0.399 e. The number of pyridine rings is 1. The van der Waals surface area contributed by atoms with E-state index in [2.05, 4.69) is 46.8 Å². The maximum absolute atomic E-state index is 5.92. The van der Waals surface area contributed by atoms with Crippen LogP contribution in [0.1, 0.15) is 11.1 Å². The van der Waals surface area contributed by atoms with Gasteiger partial charge in [-0.2, -0.15) is 0 Å². The Labute approximate surface area is 126 Å². The van der Waals surface area contributed by atoms with Gasteiger partial charge in [0.25, 0.3) is 0 Å². The van der Waals surface area contributed by atoms with E-state index < -0.39 is 0 Å². The second-order valence-corrected chi connectivity index (χ2v) is 5.67. The fourth-order valence-electron chi connectivity index (χ4n) is 3.19. The molecule has 21 heavy (non-hydrogen) atoms. The SMILES string of the molecule is Cc1cc(N)cc(C)c1N1CCN(c2ccccn2)CC1. The molecule has 110 valence electrons. The highest BCUT2D eigenvalue weighted by Gasteiger charge is 2.20. The molecule has 1 aliphatic rings. The Morgan fingerprint density at radius 2 is 1.57 bits per heavy atom. The van der Waals surface area contributed by atoms with Gasteiger partial charge in [-0.05, 0) is 49.2 Å². The second-order valence-electron chi connectivity index (χ2n) is 5.67. The molecule has 3 rings (SSSR count). The van der Waals surface area contributed by atoms with Crippen molar-refractivity contribution in [2.75, 3.05) is 41.7 Å². The lowest BCUT2D eigenvalue weighted by atomic mass is 10.1. The molecule has 2 heterocycles. The summed E-state index contributed by atoms with van der Waals surface area (Å²) in [7, 11) is 0. The average molecular weight is 282 g/mol. The van der Waals surface area contributed by atoms with Gasteiger partial charge in [-0.3, -0.25) is 0 Å². The van der Waals surface area contributed by atoms with E-state index in [1.54, 1.807) is 0 Å². The van der Waals surface area contributed by atoms with Crippen molar-refractivity contribution in [2.45, 2.75) is 13.8 Å². The monoisotopic (exact) mass is 282 g/mol. The third kappa shape index (κ3) is 2.79. The highest BCUT2D eigenvalue weighted by atomic mass is 15.3. The Hall–Kier alpha value is -2.23. The molecular formula is C17H22N4. The van der Waals surface area contributed by atoms with Crippen molar-refractivity contribution in [3.05, 3.63) is 47.7 Å². The standard InChI is InChI=1S/C17H22N4/c1-13-11-15(18)12-14(2)17(13)21-9-7-20(8-10-21)16-5-3-4-6-19-16/h3-6,11-12H,7-10,18H2,1-2H3. The molecule has 1 aromatic heterocycles. The molecule has 2 N–H and O–H groups in total. The predicted molar refractivity (Wildman–Crippen MR) is 89.0 cm³/mol. The largest absolute Gasteiger partial charge is 0.399 e. The molecule has 0 atom stereocenters. The summed E-state index contributed by atoms with van der Waals surface area (Å²) >= 11 is 0. The van der Waals surface area contributed by atoms with Crippen molar-refractivity contribution in [3.8, 4) is 0 Å². The normalized spacial score (nSPS) is 15.3. The van der Waals surface area contributed by atoms with Gasteiger partial charge in [0.2, 0.25) is 0 Å². The molecule has 1 saturated heterocycles. The van der Waals surface area contributed by atoms with Crippen LogP contribution < -0.4 is 15.5 Å². The first-order chi connectivity index (χ1) is 10.1. The number of aryl methyl sites for hydroxylation is 2. The maximum Gasteiger partial charge on any atom is 0.128 e. The van der Waals surface area contributed by atoms with E-state index in [1.807, 2.05) is 18.3 Å². The van der Waals surface area contributed by atoms with Crippen LogP contribution in [0.25, 0.3) is 0 Å². The minimum atomic E-state index is 0.848. The van der Waals surface area contributed by atoms with Crippen molar-refractivity contribution < 1.29 is 0 Å². The first-order valence-corrected chi connectivity index (χ1v) is 7.43. The first kappa shape index (κ1) is 13.7. The number of rotatable bonds is 2. The van der Waals surface area contributed by atoms with Crippen LogP contribution >= 0.6 is 0 Å². The minimum absolute atomic E-state index is 0.848. The quantitative estimate of drug-likeness (QED) is 0.860. The van der Waals surface area contributed by atoms with Crippen LogP contribution in [0.5, 0.6) is 0 Å². The van der Waals surface area contributed by atoms with E-state index in [0.29, 0.717) is 0 Å². The molecule has 4 nitrogen and oxygen atoms in total. The van der Waals surface area contributed by atoms with Gasteiger partial charge in [-0.1, -0.05) is 6.07 Å². The summed E-state index contributed by atoms with van der Waals surface area (Å²) in [6.45, 7) is 8.32. The average Bonchev–Trinajstić information content (AvgIpc) is 2.48. The summed E-state index contributed by atoms with van der Waals surface area (Å²) in [5.74, 6) is 1.07. The first-order valence-electron chi connectivity index (χ1n) is 7.43. The molecule has 1 aliphatic heterocycles. The summed E-state index contributed by atoms with van der Waals surface area (Å²) in [5, 5.41) is 0. The molecule has 1 aromatic carbocycles. The zero-order valence-electron chi connectivity index (χ0n) is 12.7. The third-order valence-corrected chi connectivity index (χ3v) is 4.08. The molecule has 0 bridgehead atoms. The number of hydrogen-bond acceptors (Lipinski definition) is 4. The van der Waals surface area contributed by atoms with Crippen LogP contribution in [0.4, 0.5) is 17.2 Å². The Bertz CT molecular complexity index is 593. The van der Waals surface area contributed by atoms with Crippen molar-refractivity contribution in [1.82, 2.24) is 4.98 Å². The Kier molecular flexibility index (Phi) is 3.69. The molecule has 0 aliphatic carbocycles. The number of benzene rings is 1. The molecule has 2 aromatic rings. The molecule has 0 spiro atoms. The molecule has 0 saturated carbocycles. The van der Waals surface area contributed by atoms with Crippen molar-refractivity contribution in [1.29, 1.82) is 0 Å². The third-order valence-electron chi connectivity index (χ3n) is 4.08. The van der Waals surface area contributed by atoms with Crippen molar-refractivity contribution >= 4 is 17.2 Å². The van der Waals surface area contributed by atoms with E-state index in [1.165, 1.54) is 16.8 Å². The van der Waals surface area contributed by atoms with E-state index >= 15 is 0 Å². The lowest BCUT2D eigenvalue weighted by Crippen LogP contribution is -2.47. The second kappa shape index (κ2) is 5.64. The summed E-state index contributed by atoms with van der Waals surface area (Å²) in [6.07, 6.45) is 1.86. The summed E-state index contributed by atoms with van der Waals surface area (Å²) in [6, 6.07) is 10.2. The van der Waals surface area contributed by atoms with Crippen LogP contribution in [0.2, 0.25) is 0 Å². The molecule has 0 unspecified atom stereocenters. The van der Waals surface area contributed by atoms with E-state index in [9.17, 15) is 0 Å². The Morgan fingerprint density at radius 1 is 0.952 bits per heavy atom. The maximum atomic E-state index is 5.92. The molecule has 0 radical (unpaired) electrons. The predicted octanol–water partition coefficient (Wildman–Crippen LogP) is 2.61. The van der Waals surface area contributed by atoms with Crippen LogP contribution in [-0.4, -0.2) is 31.2 Å². The topological polar surface area (TPSA) is 45.4 Å². The zero-order valence-corrected chi connectivity index (χ0v) is 12.7. The van der Waals surface area contributed by atoms with Gasteiger partial charge in [-0.15, -0.1) is 0 Å². The van der Waals surface area contributed by atoms with Gasteiger partial charge >= 0.3 is 0 Å². The van der Waals surface area contributed by atoms with Crippen LogP contribution in [0.3, 0.4) is 0 Å². The smallest absolute Gasteiger partial charge is 0.128 e. The van der Waals surface area contributed by atoms with Gasteiger partial charge in [0.1, 0.15) is 5.82 Å². The number of nitrogens with two attached hydrogens (primary N) is 1. The van der Waals surface area contributed by atoms with E-state index in [4.69, 9.17) is 5.73 Å². The van der Waals surface area contributed by atoms with Gasteiger partial charge in [0.05, 0.1) is 0 Å². The number of anilines is 3. The van der Waals surface area contributed by atoms with Gasteiger partial charge in [-0.25, -0.2) is 4.98 Å². The highest BCUT2D eigenvalue weighted by molar-refractivity contribution is 5.65. The molecule has 1 fully saturated rings. The molecular weight excluding hydrogens is 260 g/mol. The fourth-order valence-corrected chi connectivity index (χ4v) is 3.19. The molecule has 4 heteroatoms. The highest BCUT2D eigenvalue weighted by Crippen LogP contribution is 2.28. The van der Waals surface area contributed by atoms with Gasteiger partial charge in [0.15, 0.2) is 0 Å². The number of nitrogens with zero attached hydrogens (tertiary/aromatic N) is 3. The van der Waals surface area contributed by atoms with Crippen LogP contribution in [0.15, 0.2) is 36.5 Å². The van der Waals surface area contributed by atoms with Crippen LogP contribution in [0, 0.1) is 13.8 Å². The summed E-state index contributed by atoms with van der Waals surface area (Å²) in [5.41, 5.74) is 10.6. The molecule has 0 amide bonds. The number of piperazine rings is 1. The van der Waals surface area contributed by atoms with E-state index in [-0.39, 0.29) is 0 Å². The number of hydrogen-bond donors (Lipinski definition) is 1. The zero-order chi connectivity index (χ0) is 14.8. The van der Waals surface area contributed by atoms with Gasteiger partial charge in [0, 0.05) is 43.8 Å². The van der Waals surface area contributed by atoms with Crippen molar-refractivity contribution in [3.63, 3.8) is 0 Å². The van der Waals surface area contributed by atoms with E-state index in [0.717, 1.165) is 37.7 Å². The lowest BCUT2D eigenvalue weighted by molar-refractivity contribution is 0.645. The van der Waals surface area contributed by atoms with Crippen molar-refractivity contribution in [2.24, 2.45) is 0 Å².